The van der Waals surface area contributed by atoms with E-state index in [0.29, 0.717) is 25.8 Å². The summed E-state index contributed by atoms with van der Waals surface area (Å²) in [6, 6.07) is 3.41. The third-order valence-electron chi connectivity index (χ3n) is 7.72. The van der Waals surface area contributed by atoms with Gasteiger partial charge in [-0.3, -0.25) is 19.5 Å². The second kappa shape index (κ2) is 9.87. The Balaban J connectivity index is 1.47. The number of pyridine rings is 1. The van der Waals surface area contributed by atoms with Gasteiger partial charge in [-0.05, 0) is 43.7 Å². The van der Waals surface area contributed by atoms with Gasteiger partial charge in [-0.2, -0.15) is 0 Å². The van der Waals surface area contributed by atoms with E-state index >= 15 is 0 Å². The number of piperidine rings is 1. The SMILES string of the molecule is CCCCN1C(=O)[C@@H](CC2(O)CCCCC2)NC(=O)C12CCN(Cc1cccnc1)CC2. The molecule has 0 radical (unpaired) electrons. The molecule has 1 aromatic heterocycles. The summed E-state index contributed by atoms with van der Waals surface area (Å²) < 4.78 is 0. The van der Waals surface area contributed by atoms with Gasteiger partial charge in [-0.15, -0.1) is 0 Å². The van der Waals surface area contributed by atoms with Gasteiger partial charge in [0.2, 0.25) is 11.8 Å². The lowest BCUT2D eigenvalue weighted by Gasteiger charge is -2.52. The normalized spacial score (nSPS) is 25.7. The molecule has 176 valence electrons. The van der Waals surface area contributed by atoms with Gasteiger partial charge >= 0.3 is 0 Å². The predicted octanol–water partition coefficient (Wildman–Crippen LogP) is 2.63. The molecule has 7 heteroatoms. The minimum Gasteiger partial charge on any atom is -0.390 e. The first kappa shape index (κ1) is 23.2. The number of carbonyl (C=O) groups excluding carboxylic acids is 2. The molecule has 2 aliphatic heterocycles. The molecule has 2 amide bonds. The molecule has 0 aromatic carbocycles. The summed E-state index contributed by atoms with van der Waals surface area (Å²) in [4.78, 5) is 35.5. The van der Waals surface area contributed by atoms with E-state index in [9.17, 15) is 14.7 Å². The van der Waals surface area contributed by atoms with Crippen molar-refractivity contribution in [1.29, 1.82) is 0 Å². The van der Waals surface area contributed by atoms with Gasteiger partial charge < -0.3 is 15.3 Å². The van der Waals surface area contributed by atoms with Crippen molar-refractivity contribution in [3.63, 3.8) is 0 Å². The molecule has 3 fully saturated rings. The molecular formula is C25H38N4O3. The molecule has 2 N–H and O–H groups in total. The van der Waals surface area contributed by atoms with Crippen LogP contribution in [0.4, 0.5) is 0 Å². The van der Waals surface area contributed by atoms with Crippen molar-refractivity contribution in [2.24, 2.45) is 0 Å². The van der Waals surface area contributed by atoms with Crippen molar-refractivity contribution in [1.82, 2.24) is 20.1 Å². The van der Waals surface area contributed by atoms with Crippen LogP contribution in [-0.2, 0) is 16.1 Å². The molecule has 3 aliphatic rings. The van der Waals surface area contributed by atoms with Crippen LogP contribution in [0.15, 0.2) is 24.5 Å². The van der Waals surface area contributed by atoms with Crippen LogP contribution in [0.5, 0.6) is 0 Å². The van der Waals surface area contributed by atoms with Crippen molar-refractivity contribution in [2.75, 3.05) is 19.6 Å². The van der Waals surface area contributed by atoms with E-state index in [-0.39, 0.29) is 11.8 Å². The maximum Gasteiger partial charge on any atom is 0.246 e. The number of hydrogen-bond donors (Lipinski definition) is 2. The Kier molecular flexibility index (Phi) is 7.15. The van der Waals surface area contributed by atoms with Crippen LogP contribution in [0.25, 0.3) is 0 Å². The molecule has 1 aromatic rings. The van der Waals surface area contributed by atoms with E-state index in [2.05, 4.69) is 28.2 Å². The molecular weight excluding hydrogens is 404 g/mol. The summed E-state index contributed by atoms with van der Waals surface area (Å²) >= 11 is 0. The first-order chi connectivity index (χ1) is 15.5. The Morgan fingerprint density at radius 1 is 1.16 bits per heavy atom. The van der Waals surface area contributed by atoms with Gasteiger partial charge in [0.25, 0.3) is 0 Å². The van der Waals surface area contributed by atoms with Crippen molar-refractivity contribution in [3.8, 4) is 0 Å². The van der Waals surface area contributed by atoms with Gasteiger partial charge in [-0.1, -0.05) is 38.7 Å². The van der Waals surface area contributed by atoms with Crippen LogP contribution in [-0.4, -0.2) is 68.5 Å². The summed E-state index contributed by atoms with van der Waals surface area (Å²) in [7, 11) is 0. The molecule has 7 nitrogen and oxygen atoms in total. The molecule has 4 rings (SSSR count). The summed E-state index contributed by atoms with van der Waals surface area (Å²) in [5, 5.41) is 14.1. The zero-order valence-electron chi connectivity index (χ0n) is 19.4. The highest BCUT2D eigenvalue weighted by Crippen LogP contribution is 2.37. The Labute approximate surface area is 191 Å². The maximum atomic E-state index is 13.6. The minimum absolute atomic E-state index is 0.00208. The summed E-state index contributed by atoms with van der Waals surface area (Å²) in [5.41, 5.74) is -0.431. The van der Waals surface area contributed by atoms with Crippen molar-refractivity contribution in [3.05, 3.63) is 30.1 Å². The highest BCUT2D eigenvalue weighted by molar-refractivity contribution is 6.00. The van der Waals surface area contributed by atoms with Gasteiger partial charge in [0.05, 0.1) is 5.60 Å². The lowest BCUT2D eigenvalue weighted by atomic mass is 9.77. The van der Waals surface area contributed by atoms with Crippen molar-refractivity contribution in [2.45, 2.75) is 94.9 Å². The first-order valence-electron chi connectivity index (χ1n) is 12.4. The molecule has 1 atom stereocenters. The molecule has 1 saturated carbocycles. The number of piperazine rings is 1. The largest absolute Gasteiger partial charge is 0.390 e. The smallest absolute Gasteiger partial charge is 0.246 e. The van der Waals surface area contributed by atoms with E-state index in [1.807, 2.05) is 17.2 Å². The second-order valence-electron chi connectivity index (χ2n) is 10.0. The Bertz CT molecular complexity index is 786. The zero-order valence-corrected chi connectivity index (χ0v) is 19.4. The molecule has 32 heavy (non-hydrogen) atoms. The summed E-state index contributed by atoms with van der Waals surface area (Å²) in [6.45, 7) is 5.07. The number of unbranched alkanes of at least 4 members (excludes halogenated alkanes) is 1. The van der Waals surface area contributed by atoms with Crippen LogP contribution in [0, 0.1) is 0 Å². The van der Waals surface area contributed by atoms with Crippen molar-refractivity contribution >= 4 is 11.8 Å². The molecule has 2 saturated heterocycles. The standard InChI is InChI=1S/C25H38N4O3/c1-2-3-14-29-22(30)21(17-24(32)9-5-4-6-10-24)27-23(31)25(29)11-15-28(16-12-25)19-20-8-7-13-26-18-20/h7-8,13,18,21,32H,2-6,9-12,14-17,19H2,1H3,(H,27,31)/t21-/m1/s1. The van der Waals surface area contributed by atoms with Gasteiger partial charge in [-0.25, -0.2) is 0 Å². The number of carbonyl (C=O) groups is 2. The average Bonchev–Trinajstić information content (AvgIpc) is 2.80. The lowest BCUT2D eigenvalue weighted by Crippen LogP contribution is -2.73. The van der Waals surface area contributed by atoms with Crippen LogP contribution < -0.4 is 5.32 Å². The number of hydrogen-bond acceptors (Lipinski definition) is 5. The minimum atomic E-state index is -0.833. The van der Waals surface area contributed by atoms with Crippen LogP contribution in [0.3, 0.4) is 0 Å². The quantitative estimate of drug-likeness (QED) is 0.678. The molecule has 1 aliphatic carbocycles. The van der Waals surface area contributed by atoms with Gasteiger partial charge in [0, 0.05) is 45.0 Å². The monoisotopic (exact) mass is 442 g/mol. The number of amides is 2. The number of nitrogens with zero attached hydrogens (tertiary/aromatic N) is 3. The fourth-order valence-electron chi connectivity index (χ4n) is 5.78. The van der Waals surface area contributed by atoms with Crippen LogP contribution in [0.2, 0.25) is 0 Å². The lowest BCUT2D eigenvalue weighted by molar-refractivity contribution is -0.163. The van der Waals surface area contributed by atoms with Crippen LogP contribution in [0.1, 0.15) is 76.7 Å². The van der Waals surface area contributed by atoms with Gasteiger partial charge in [0.1, 0.15) is 11.6 Å². The fourth-order valence-corrected chi connectivity index (χ4v) is 5.78. The third-order valence-corrected chi connectivity index (χ3v) is 7.72. The number of aliphatic hydroxyl groups is 1. The van der Waals surface area contributed by atoms with E-state index in [1.54, 1.807) is 6.20 Å². The van der Waals surface area contributed by atoms with Crippen LogP contribution >= 0.6 is 0 Å². The number of nitrogens with one attached hydrogen (secondary N) is 1. The highest BCUT2D eigenvalue weighted by atomic mass is 16.3. The van der Waals surface area contributed by atoms with Crippen molar-refractivity contribution < 1.29 is 14.7 Å². The first-order valence-corrected chi connectivity index (χ1v) is 12.4. The number of likely N-dealkylation sites (tertiary alicyclic amines) is 1. The van der Waals surface area contributed by atoms with E-state index < -0.39 is 17.2 Å². The maximum absolute atomic E-state index is 13.6. The molecule has 3 heterocycles. The molecule has 1 spiro atoms. The molecule has 0 unspecified atom stereocenters. The third kappa shape index (κ3) is 4.84. The van der Waals surface area contributed by atoms with E-state index in [1.165, 1.54) is 0 Å². The zero-order chi connectivity index (χ0) is 22.6. The predicted molar refractivity (Wildman–Crippen MR) is 123 cm³/mol. The van der Waals surface area contributed by atoms with E-state index in [4.69, 9.17) is 0 Å². The topological polar surface area (TPSA) is 85.8 Å². The summed E-state index contributed by atoms with van der Waals surface area (Å²) in [6.07, 6.45) is 11.7. The average molecular weight is 443 g/mol. The highest BCUT2D eigenvalue weighted by Gasteiger charge is 2.54. The number of aromatic nitrogens is 1. The summed E-state index contributed by atoms with van der Waals surface area (Å²) in [5.74, 6) is -0.0311. The Morgan fingerprint density at radius 2 is 1.91 bits per heavy atom. The van der Waals surface area contributed by atoms with E-state index in [0.717, 1.165) is 70.1 Å². The fraction of sp³-hybridized carbons (Fsp3) is 0.720. The Morgan fingerprint density at radius 3 is 2.56 bits per heavy atom. The second-order valence-corrected chi connectivity index (χ2v) is 10.0. The van der Waals surface area contributed by atoms with Gasteiger partial charge in [0.15, 0.2) is 0 Å². The Hall–Kier alpha value is -1.99. The molecule has 0 bridgehead atoms. The number of rotatable bonds is 7.